The Morgan fingerprint density at radius 2 is 1.88 bits per heavy atom. The van der Waals surface area contributed by atoms with Crippen LogP contribution in [0.1, 0.15) is 5.56 Å². The minimum Gasteiger partial charge on any atom is -0.358 e. The lowest BCUT2D eigenvalue weighted by atomic mass is 10.0. The van der Waals surface area contributed by atoms with E-state index in [-0.39, 0.29) is 5.82 Å². The Bertz CT molecular complexity index is 524. The summed E-state index contributed by atoms with van der Waals surface area (Å²) in [4.78, 5) is 14.1. The highest BCUT2D eigenvalue weighted by atomic mass is 16.6. The first kappa shape index (κ1) is 10.3. The van der Waals surface area contributed by atoms with Gasteiger partial charge in [-0.05, 0) is 34.0 Å². The molecule has 0 N–H and O–H groups in total. The molecule has 0 amide bonds. The third kappa shape index (κ3) is 1.77. The molecular formula is C12H10N2O2. The summed E-state index contributed by atoms with van der Waals surface area (Å²) in [6, 6.07) is 11.4. The van der Waals surface area contributed by atoms with Crippen LogP contribution in [-0.4, -0.2) is 9.91 Å². The summed E-state index contributed by atoms with van der Waals surface area (Å²) >= 11 is 0. The number of hydrogen-bond donors (Lipinski definition) is 0. The molecule has 0 radical (unpaired) electrons. The van der Waals surface area contributed by atoms with Crippen LogP contribution in [0.15, 0.2) is 42.6 Å². The van der Waals surface area contributed by atoms with Crippen LogP contribution in [0.3, 0.4) is 0 Å². The number of benzene rings is 1. The molecule has 0 saturated heterocycles. The summed E-state index contributed by atoms with van der Waals surface area (Å²) in [6.45, 7) is 1.72. The minimum atomic E-state index is -0.457. The first-order chi connectivity index (χ1) is 7.70. The van der Waals surface area contributed by atoms with Gasteiger partial charge >= 0.3 is 5.82 Å². The average Bonchev–Trinajstić information content (AvgIpc) is 2.30. The Hall–Kier alpha value is -2.23. The highest BCUT2D eigenvalue weighted by molar-refractivity contribution is 5.69. The Morgan fingerprint density at radius 3 is 2.50 bits per heavy atom. The van der Waals surface area contributed by atoms with E-state index in [4.69, 9.17) is 0 Å². The number of pyridine rings is 1. The first-order valence-corrected chi connectivity index (χ1v) is 4.85. The standard InChI is InChI=1S/C12H10N2O2/c1-9-11(10-5-3-2-4-6-10)7-8-13-12(9)14(15)16/h2-8H,1H3. The van der Waals surface area contributed by atoms with Gasteiger partial charge in [-0.1, -0.05) is 30.3 Å². The van der Waals surface area contributed by atoms with Crippen LogP contribution in [0.5, 0.6) is 0 Å². The van der Waals surface area contributed by atoms with Gasteiger partial charge in [0.25, 0.3) is 0 Å². The molecule has 1 heterocycles. The molecule has 2 rings (SSSR count). The second-order valence-corrected chi connectivity index (χ2v) is 3.43. The van der Waals surface area contributed by atoms with E-state index in [1.807, 2.05) is 30.3 Å². The van der Waals surface area contributed by atoms with E-state index in [2.05, 4.69) is 4.98 Å². The third-order valence-electron chi connectivity index (χ3n) is 2.44. The lowest BCUT2D eigenvalue weighted by molar-refractivity contribution is -0.390. The fourth-order valence-electron chi connectivity index (χ4n) is 1.64. The summed E-state index contributed by atoms with van der Waals surface area (Å²) < 4.78 is 0. The van der Waals surface area contributed by atoms with Crippen molar-refractivity contribution in [1.82, 2.24) is 4.98 Å². The van der Waals surface area contributed by atoms with Gasteiger partial charge in [-0.2, -0.15) is 0 Å². The fourth-order valence-corrected chi connectivity index (χ4v) is 1.64. The highest BCUT2D eigenvalue weighted by Gasteiger charge is 2.15. The summed E-state index contributed by atoms with van der Waals surface area (Å²) in [6.07, 6.45) is 1.47. The predicted octanol–water partition coefficient (Wildman–Crippen LogP) is 2.97. The van der Waals surface area contributed by atoms with Crippen molar-refractivity contribution in [2.75, 3.05) is 0 Å². The molecule has 0 atom stereocenters. The van der Waals surface area contributed by atoms with Crippen molar-refractivity contribution in [1.29, 1.82) is 0 Å². The Morgan fingerprint density at radius 1 is 1.19 bits per heavy atom. The molecule has 1 aromatic heterocycles. The van der Waals surface area contributed by atoms with Gasteiger partial charge < -0.3 is 10.1 Å². The van der Waals surface area contributed by atoms with E-state index in [1.165, 1.54) is 6.20 Å². The van der Waals surface area contributed by atoms with Crippen molar-refractivity contribution < 1.29 is 4.92 Å². The maximum atomic E-state index is 10.7. The van der Waals surface area contributed by atoms with Crippen LogP contribution >= 0.6 is 0 Å². The summed E-state index contributed by atoms with van der Waals surface area (Å²) in [5.74, 6) is -0.0821. The van der Waals surface area contributed by atoms with Crippen molar-refractivity contribution in [3.05, 3.63) is 58.3 Å². The normalized spacial score (nSPS) is 10.1. The summed E-state index contributed by atoms with van der Waals surface area (Å²) in [7, 11) is 0. The molecular weight excluding hydrogens is 204 g/mol. The fraction of sp³-hybridized carbons (Fsp3) is 0.0833. The second kappa shape index (κ2) is 4.10. The van der Waals surface area contributed by atoms with E-state index in [0.717, 1.165) is 11.1 Å². The molecule has 0 bridgehead atoms. The smallest absolute Gasteiger partial charge is 0.358 e. The zero-order chi connectivity index (χ0) is 11.5. The lowest BCUT2D eigenvalue weighted by Gasteiger charge is -2.04. The third-order valence-corrected chi connectivity index (χ3v) is 2.44. The van der Waals surface area contributed by atoms with Crippen LogP contribution in [0.4, 0.5) is 5.82 Å². The SMILES string of the molecule is Cc1c(-c2ccccc2)ccnc1[N+](=O)[O-]. The number of hydrogen-bond acceptors (Lipinski definition) is 3. The molecule has 2 aromatic rings. The van der Waals surface area contributed by atoms with Crippen LogP contribution in [0, 0.1) is 17.0 Å². The van der Waals surface area contributed by atoms with E-state index in [9.17, 15) is 10.1 Å². The van der Waals surface area contributed by atoms with Gasteiger partial charge in [0.1, 0.15) is 6.20 Å². The molecule has 4 heteroatoms. The van der Waals surface area contributed by atoms with E-state index >= 15 is 0 Å². The number of rotatable bonds is 2. The van der Waals surface area contributed by atoms with Gasteiger partial charge in [-0.3, -0.25) is 0 Å². The van der Waals surface area contributed by atoms with Gasteiger partial charge in [-0.25, -0.2) is 0 Å². The van der Waals surface area contributed by atoms with Gasteiger partial charge in [0.15, 0.2) is 0 Å². The monoisotopic (exact) mass is 214 g/mol. The maximum Gasteiger partial charge on any atom is 0.366 e. The molecule has 4 nitrogen and oxygen atoms in total. The Kier molecular flexibility index (Phi) is 2.64. The quantitative estimate of drug-likeness (QED) is 0.570. The number of nitrogens with zero attached hydrogens (tertiary/aromatic N) is 2. The first-order valence-electron chi connectivity index (χ1n) is 4.85. The van der Waals surface area contributed by atoms with Crippen molar-refractivity contribution >= 4 is 5.82 Å². The molecule has 0 fully saturated rings. The Balaban J connectivity index is 2.59. The second-order valence-electron chi connectivity index (χ2n) is 3.43. The molecule has 0 unspecified atom stereocenters. The van der Waals surface area contributed by atoms with Crippen LogP contribution < -0.4 is 0 Å². The highest BCUT2D eigenvalue weighted by Crippen LogP contribution is 2.27. The largest absolute Gasteiger partial charge is 0.366 e. The summed E-state index contributed by atoms with van der Waals surface area (Å²) in [5, 5.41) is 10.7. The van der Waals surface area contributed by atoms with Crippen molar-refractivity contribution in [2.45, 2.75) is 6.92 Å². The Labute approximate surface area is 92.7 Å². The maximum absolute atomic E-state index is 10.7. The van der Waals surface area contributed by atoms with Crippen molar-refractivity contribution in [3.63, 3.8) is 0 Å². The zero-order valence-corrected chi connectivity index (χ0v) is 8.75. The molecule has 0 aliphatic heterocycles. The zero-order valence-electron chi connectivity index (χ0n) is 8.75. The average molecular weight is 214 g/mol. The van der Waals surface area contributed by atoms with Crippen LogP contribution in [-0.2, 0) is 0 Å². The number of aromatic nitrogens is 1. The van der Waals surface area contributed by atoms with Gasteiger partial charge in [0.05, 0.1) is 5.56 Å². The van der Waals surface area contributed by atoms with E-state index in [0.29, 0.717) is 5.56 Å². The molecule has 1 aromatic carbocycles. The van der Waals surface area contributed by atoms with Gasteiger partial charge in [-0.15, -0.1) is 0 Å². The number of nitro groups is 1. The predicted molar refractivity (Wildman–Crippen MR) is 61.1 cm³/mol. The molecule has 16 heavy (non-hydrogen) atoms. The van der Waals surface area contributed by atoms with E-state index in [1.54, 1.807) is 13.0 Å². The van der Waals surface area contributed by atoms with Gasteiger partial charge in [0, 0.05) is 0 Å². The van der Waals surface area contributed by atoms with Gasteiger partial charge in [0.2, 0.25) is 0 Å². The van der Waals surface area contributed by atoms with E-state index < -0.39 is 4.92 Å². The summed E-state index contributed by atoms with van der Waals surface area (Å²) in [5.41, 5.74) is 2.41. The van der Waals surface area contributed by atoms with Crippen LogP contribution in [0.2, 0.25) is 0 Å². The topological polar surface area (TPSA) is 56.0 Å². The molecule has 0 saturated carbocycles. The van der Waals surface area contributed by atoms with Crippen molar-refractivity contribution in [3.8, 4) is 11.1 Å². The van der Waals surface area contributed by atoms with Crippen LogP contribution in [0.25, 0.3) is 11.1 Å². The van der Waals surface area contributed by atoms with Crippen molar-refractivity contribution in [2.24, 2.45) is 0 Å². The minimum absolute atomic E-state index is 0.0821. The molecule has 0 aliphatic carbocycles. The molecule has 0 aliphatic rings. The molecule has 80 valence electrons. The lowest BCUT2D eigenvalue weighted by Crippen LogP contribution is -1.96. The molecule has 0 spiro atoms.